The molecule has 1 aliphatic rings. The second-order valence-corrected chi connectivity index (χ2v) is 7.63. The van der Waals surface area contributed by atoms with Gasteiger partial charge in [-0.25, -0.2) is 4.79 Å². The maximum absolute atomic E-state index is 12.7. The summed E-state index contributed by atoms with van der Waals surface area (Å²) in [7, 11) is 1.65. The zero-order valence-corrected chi connectivity index (χ0v) is 18.1. The van der Waals surface area contributed by atoms with Gasteiger partial charge in [0.2, 0.25) is 0 Å². The molecule has 4 rings (SSSR count). The molecule has 0 spiro atoms. The molecular weight excluding hydrogens is 390 g/mol. The maximum atomic E-state index is 12.7. The number of piperazine rings is 1. The highest BCUT2D eigenvalue weighted by molar-refractivity contribution is 5.90. The van der Waals surface area contributed by atoms with Crippen LogP contribution >= 0.6 is 0 Å². The molecule has 3 aromatic rings. The van der Waals surface area contributed by atoms with Gasteiger partial charge >= 0.3 is 6.03 Å². The van der Waals surface area contributed by atoms with Gasteiger partial charge < -0.3 is 19.9 Å². The molecule has 0 saturated carbocycles. The van der Waals surface area contributed by atoms with Crippen molar-refractivity contribution in [1.82, 2.24) is 15.1 Å². The number of nitrogens with zero attached hydrogens (tertiary/aromatic N) is 4. The van der Waals surface area contributed by atoms with E-state index in [-0.39, 0.29) is 6.03 Å². The van der Waals surface area contributed by atoms with Crippen LogP contribution in [0, 0.1) is 13.8 Å². The van der Waals surface area contributed by atoms with Crippen LogP contribution in [0.4, 0.5) is 16.3 Å². The third-order valence-corrected chi connectivity index (χ3v) is 5.77. The fourth-order valence-electron chi connectivity index (χ4n) is 3.71. The molecule has 2 heterocycles. The molecule has 1 aliphatic heterocycles. The van der Waals surface area contributed by atoms with Crippen LogP contribution in [0.2, 0.25) is 0 Å². The third-order valence-electron chi connectivity index (χ3n) is 5.77. The monoisotopic (exact) mass is 417 g/mol. The number of carbonyl (C=O) groups excluding carboxylic acids is 1. The second kappa shape index (κ2) is 9.04. The molecule has 0 atom stereocenters. The summed E-state index contributed by atoms with van der Waals surface area (Å²) in [6, 6.07) is 17.6. The zero-order valence-electron chi connectivity index (χ0n) is 18.1. The summed E-state index contributed by atoms with van der Waals surface area (Å²) in [5.74, 6) is 1.58. The zero-order chi connectivity index (χ0) is 21.8. The van der Waals surface area contributed by atoms with Crippen molar-refractivity contribution >= 4 is 17.5 Å². The van der Waals surface area contributed by atoms with Crippen LogP contribution < -0.4 is 15.0 Å². The predicted molar refractivity (Wildman–Crippen MR) is 123 cm³/mol. The van der Waals surface area contributed by atoms with Crippen molar-refractivity contribution in [2.24, 2.45) is 0 Å². The van der Waals surface area contributed by atoms with Gasteiger partial charge in [-0.3, -0.25) is 0 Å². The third kappa shape index (κ3) is 4.45. The smallest absolute Gasteiger partial charge is 0.321 e. The highest BCUT2D eigenvalue weighted by atomic mass is 16.5. The van der Waals surface area contributed by atoms with E-state index in [0.717, 1.165) is 39.6 Å². The molecule has 31 heavy (non-hydrogen) atoms. The van der Waals surface area contributed by atoms with Crippen molar-refractivity contribution in [3.8, 4) is 17.0 Å². The molecule has 7 heteroatoms. The first-order chi connectivity index (χ1) is 15.1. The van der Waals surface area contributed by atoms with Crippen molar-refractivity contribution in [2.45, 2.75) is 13.8 Å². The number of benzene rings is 2. The number of anilines is 2. The van der Waals surface area contributed by atoms with Crippen molar-refractivity contribution in [3.05, 3.63) is 65.7 Å². The fraction of sp³-hybridized carbons (Fsp3) is 0.292. The van der Waals surface area contributed by atoms with Gasteiger partial charge in [-0.15, -0.1) is 10.2 Å². The van der Waals surface area contributed by atoms with E-state index in [2.05, 4.69) is 20.4 Å². The van der Waals surface area contributed by atoms with E-state index >= 15 is 0 Å². The van der Waals surface area contributed by atoms with Crippen LogP contribution in [-0.2, 0) is 0 Å². The minimum atomic E-state index is -0.0639. The molecule has 1 N–H and O–H groups in total. The van der Waals surface area contributed by atoms with Gasteiger partial charge in [0.15, 0.2) is 5.82 Å². The molecule has 1 aromatic heterocycles. The minimum Gasteiger partial charge on any atom is -0.496 e. The Hall–Kier alpha value is -3.61. The fourth-order valence-corrected chi connectivity index (χ4v) is 3.71. The molecule has 1 fully saturated rings. The number of aryl methyl sites for hydroxylation is 1. The first-order valence-electron chi connectivity index (χ1n) is 10.4. The molecule has 7 nitrogen and oxygen atoms in total. The van der Waals surface area contributed by atoms with Crippen LogP contribution in [0.5, 0.6) is 5.75 Å². The highest BCUT2D eigenvalue weighted by Gasteiger charge is 2.23. The van der Waals surface area contributed by atoms with E-state index in [1.165, 1.54) is 0 Å². The predicted octanol–water partition coefficient (Wildman–Crippen LogP) is 4.12. The lowest BCUT2D eigenvalue weighted by Gasteiger charge is -2.35. The number of methoxy groups -OCH3 is 1. The minimum absolute atomic E-state index is 0.0639. The lowest BCUT2D eigenvalue weighted by atomic mass is 10.1. The van der Waals surface area contributed by atoms with Crippen LogP contribution in [0.3, 0.4) is 0 Å². The number of hydrogen-bond acceptors (Lipinski definition) is 5. The number of hydrogen-bond donors (Lipinski definition) is 1. The lowest BCUT2D eigenvalue weighted by Crippen LogP contribution is -2.50. The van der Waals surface area contributed by atoms with Gasteiger partial charge in [0.05, 0.1) is 12.8 Å². The number of carbonyl (C=O) groups is 1. The molecule has 0 unspecified atom stereocenters. The number of amides is 2. The van der Waals surface area contributed by atoms with Gasteiger partial charge in [0.25, 0.3) is 0 Å². The first-order valence-corrected chi connectivity index (χ1v) is 10.4. The van der Waals surface area contributed by atoms with E-state index in [1.54, 1.807) is 7.11 Å². The molecule has 0 aliphatic carbocycles. The van der Waals surface area contributed by atoms with Gasteiger partial charge in [0.1, 0.15) is 5.75 Å². The topological polar surface area (TPSA) is 70.6 Å². The van der Waals surface area contributed by atoms with Crippen LogP contribution in [0.1, 0.15) is 11.1 Å². The Morgan fingerprint density at radius 1 is 0.935 bits per heavy atom. The molecule has 0 bridgehead atoms. The summed E-state index contributed by atoms with van der Waals surface area (Å²) >= 11 is 0. The van der Waals surface area contributed by atoms with E-state index in [0.29, 0.717) is 26.2 Å². The number of aromatic nitrogens is 2. The molecule has 0 radical (unpaired) electrons. The molecule has 1 saturated heterocycles. The molecule has 2 amide bonds. The van der Waals surface area contributed by atoms with E-state index in [9.17, 15) is 4.79 Å². The Labute approximate surface area is 182 Å². The molecular formula is C24H27N5O2. The lowest BCUT2D eigenvalue weighted by molar-refractivity contribution is 0.208. The number of para-hydroxylation sites is 1. The van der Waals surface area contributed by atoms with E-state index in [4.69, 9.17) is 4.74 Å². The highest BCUT2D eigenvalue weighted by Crippen LogP contribution is 2.28. The normalized spacial score (nSPS) is 13.8. The summed E-state index contributed by atoms with van der Waals surface area (Å²) in [5, 5.41) is 11.9. The van der Waals surface area contributed by atoms with Gasteiger partial charge in [-0.1, -0.05) is 24.3 Å². The number of rotatable bonds is 4. The summed E-state index contributed by atoms with van der Waals surface area (Å²) in [6.45, 7) is 6.76. The number of urea groups is 1. The van der Waals surface area contributed by atoms with Crippen molar-refractivity contribution < 1.29 is 9.53 Å². The Morgan fingerprint density at radius 2 is 1.71 bits per heavy atom. The summed E-state index contributed by atoms with van der Waals surface area (Å²) < 4.78 is 5.42. The van der Waals surface area contributed by atoms with Crippen molar-refractivity contribution in [2.75, 3.05) is 43.5 Å². The quantitative estimate of drug-likeness (QED) is 0.691. The van der Waals surface area contributed by atoms with Gasteiger partial charge in [-0.05, 0) is 55.3 Å². The van der Waals surface area contributed by atoms with Crippen LogP contribution in [0.15, 0.2) is 54.6 Å². The largest absolute Gasteiger partial charge is 0.496 e. The van der Waals surface area contributed by atoms with Crippen molar-refractivity contribution in [3.63, 3.8) is 0 Å². The maximum Gasteiger partial charge on any atom is 0.321 e. The van der Waals surface area contributed by atoms with Gasteiger partial charge in [-0.2, -0.15) is 0 Å². The summed E-state index contributed by atoms with van der Waals surface area (Å²) in [5.41, 5.74) is 4.81. The second-order valence-electron chi connectivity index (χ2n) is 7.63. The standard InChI is InChI=1S/C24H27N5O2/c1-17-7-6-9-20(18(17)2)25-24(30)29-15-13-28(14-16-29)23-12-11-21(26-27-23)19-8-4-5-10-22(19)31-3/h4-12H,13-16H2,1-3H3,(H,25,30). The summed E-state index contributed by atoms with van der Waals surface area (Å²) in [6.07, 6.45) is 0. The van der Waals surface area contributed by atoms with E-state index < -0.39 is 0 Å². The van der Waals surface area contributed by atoms with E-state index in [1.807, 2.05) is 73.3 Å². The number of nitrogens with one attached hydrogen (secondary N) is 1. The SMILES string of the molecule is COc1ccccc1-c1ccc(N2CCN(C(=O)Nc3cccc(C)c3C)CC2)nn1. The van der Waals surface area contributed by atoms with Crippen LogP contribution in [0.25, 0.3) is 11.3 Å². The Balaban J connectivity index is 1.37. The first kappa shape index (κ1) is 20.7. The Bertz CT molecular complexity index is 1060. The Kier molecular flexibility index (Phi) is 6.02. The average Bonchev–Trinajstić information content (AvgIpc) is 2.82. The van der Waals surface area contributed by atoms with Gasteiger partial charge in [0, 0.05) is 37.4 Å². The molecule has 160 valence electrons. The van der Waals surface area contributed by atoms with Crippen LogP contribution in [-0.4, -0.2) is 54.4 Å². The average molecular weight is 418 g/mol. The summed E-state index contributed by atoms with van der Waals surface area (Å²) in [4.78, 5) is 16.7. The molecule has 2 aromatic carbocycles. The number of ether oxygens (including phenoxy) is 1. The Morgan fingerprint density at radius 3 is 2.42 bits per heavy atom. The van der Waals surface area contributed by atoms with Crippen molar-refractivity contribution in [1.29, 1.82) is 0 Å².